The van der Waals surface area contributed by atoms with Crippen LogP contribution >= 0.6 is 11.6 Å². The van der Waals surface area contributed by atoms with Gasteiger partial charge in [0.25, 0.3) is 0 Å². The number of hydrogen-bond acceptors (Lipinski definition) is 1. The van der Waals surface area contributed by atoms with Crippen molar-refractivity contribution in [3.63, 3.8) is 0 Å². The third-order valence-electron chi connectivity index (χ3n) is 2.67. The summed E-state index contributed by atoms with van der Waals surface area (Å²) in [6.07, 6.45) is 4.44. The SMILES string of the molecule is C[N+]1(c2cnc(Cl)[nH]2)CCCC1. The summed E-state index contributed by atoms with van der Waals surface area (Å²) in [4.78, 5) is 7.09. The molecule has 0 amide bonds. The average Bonchev–Trinajstić information content (AvgIpc) is 2.59. The quantitative estimate of drug-likeness (QED) is 0.666. The zero-order chi connectivity index (χ0) is 8.60. The first-order valence-electron chi connectivity index (χ1n) is 4.26. The molecule has 1 N–H and O–H groups in total. The third kappa shape index (κ3) is 1.23. The minimum absolute atomic E-state index is 0.497. The van der Waals surface area contributed by atoms with Gasteiger partial charge in [-0.2, -0.15) is 0 Å². The summed E-state index contributed by atoms with van der Waals surface area (Å²) in [6.45, 7) is 2.39. The maximum atomic E-state index is 5.72. The molecule has 12 heavy (non-hydrogen) atoms. The lowest BCUT2D eigenvalue weighted by Gasteiger charge is -2.25. The van der Waals surface area contributed by atoms with Gasteiger partial charge < -0.3 is 0 Å². The molecule has 1 aliphatic rings. The van der Waals surface area contributed by atoms with Crippen LogP contribution in [0.2, 0.25) is 5.28 Å². The van der Waals surface area contributed by atoms with Gasteiger partial charge in [0.15, 0.2) is 0 Å². The highest BCUT2D eigenvalue weighted by atomic mass is 35.5. The Hall–Kier alpha value is -0.540. The van der Waals surface area contributed by atoms with Crippen LogP contribution in [0.15, 0.2) is 6.20 Å². The van der Waals surface area contributed by atoms with Crippen molar-refractivity contribution in [3.05, 3.63) is 11.5 Å². The first-order chi connectivity index (χ1) is 5.71. The van der Waals surface area contributed by atoms with Crippen LogP contribution in [-0.4, -0.2) is 30.1 Å². The Balaban J connectivity index is 2.28. The van der Waals surface area contributed by atoms with E-state index < -0.39 is 0 Å². The van der Waals surface area contributed by atoms with E-state index in [4.69, 9.17) is 11.6 Å². The summed E-state index contributed by atoms with van der Waals surface area (Å²) < 4.78 is 0.958. The number of hydrogen-bond donors (Lipinski definition) is 1. The average molecular weight is 187 g/mol. The Labute approximate surface area is 77.0 Å². The van der Waals surface area contributed by atoms with Crippen molar-refractivity contribution in [3.8, 4) is 0 Å². The van der Waals surface area contributed by atoms with E-state index in [1.807, 2.05) is 6.20 Å². The van der Waals surface area contributed by atoms with Crippen molar-refractivity contribution in [1.82, 2.24) is 14.5 Å². The fourth-order valence-electron chi connectivity index (χ4n) is 1.84. The Bertz CT molecular complexity index is 276. The molecule has 4 heteroatoms. The third-order valence-corrected chi connectivity index (χ3v) is 2.86. The van der Waals surface area contributed by atoms with Gasteiger partial charge in [0, 0.05) is 12.8 Å². The molecule has 1 saturated heterocycles. The molecule has 66 valence electrons. The van der Waals surface area contributed by atoms with E-state index in [1.54, 1.807) is 0 Å². The van der Waals surface area contributed by atoms with E-state index in [-0.39, 0.29) is 0 Å². The Kier molecular flexibility index (Phi) is 1.85. The topological polar surface area (TPSA) is 28.7 Å². The molecule has 2 rings (SSSR count). The molecule has 0 saturated carbocycles. The van der Waals surface area contributed by atoms with Gasteiger partial charge in [0.1, 0.15) is 6.20 Å². The van der Waals surface area contributed by atoms with Crippen LogP contribution in [0, 0.1) is 0 Å². The molecule has 1 aliphatic heterocycles. The number of likely N-dealkylation sites (tertiary alicyclic amines) is 1. The summed E-state index contributed by atoms with van der Waals surface area (Å²) >= 11 is 5.72. The van der Waals surface area contributed by atoms with Gasteiger partial charge in [-0.25, -0.2) is 4.98 Å². The molecule has 0 atom stereocenters. The summed E-state index contributed by atoms with van der Waals surface area (Å²) in [5.74, 6) is 1.14. The Morgan fingerprint density at radius 2 is 2.17 bits per heavy atom. The predicted molar refractivity (Wildman–Crippen MR) is 50.3 cm³/mol. The molecule has 0 aliphatic carbocycles. The first kappa shape index (κ1) is 8.08. The number of rotatable bonds is 1. The summed E-state index contributed by atoms with van der Waals surface area (Å²) in [5.41, 5.74) is 0. The Morgan fingerprint density at radius 3 is 2.67 bits per heavy atom. The molecular formula is C8H13ClN3+. The molecule has 2 heterocycles. The highest BCUT2D eigenvalue weighted by Crippen LogP contribution is 2.25. The number of quaternary nitrogens is 1. The number of aromatic amines is 1. The molecule has 3 nitrogen and oxygen atoms in total. The molecule has 1 aromatic rings. The highest BCUT2D eigenvalue weighted by molar-refractivity contribution is 6.28. The van der Waals surface area contributed by atoms with E-state index in [9.17, 15) is 0 Å². The summed E-state index contributed by atoms with van der Waals surface area (Å²) in [6, 6.07) is 0. The zero-order valence-electron chi connectivity index (χ0n) is 7.18. The van der Waals surface area contributed by atoms with Crippen LogP contribution in [0.5, 0.6) is 0 Å². The van der Waals surface area contributed by atoms with Gasteiger partial charge in [-0.15, -0.1) is 0 Å². The minimum atomic E-state index is 0.497. The van der Waals surface area contributed by atoms with Crippen LogP contribution in [0.25, 0.3) is 0 Å². The summed E-state index contributed by atoms with van der Waals surface area (Å²) in [7, 11) is 2.22. The number of halogens is 1. The molecular weight excluding hydrogens is 174 g/mol. The largest absolute Gasteiger partial charge is 0.284 e. The van der Waals surface area contributed by atoms with Gasteiger partial charge in [0.05, 0.1) is 20.1 Å². The number of H-pyrrole nitrogens is 1. The van der Waals surface area contributed by atoms with Crippen molar-refractivity contribution in [2.45, 2.75) is 12.8 Å². The number of imidazole rings is 1. The standard InChI is InChI=1S/C8H13ClN3/c1-12(4-2-3-5-12)7-6-10-8(9)11-7/h6H,2-5H2,1H3,(H,10,11)/q+1. The lowest BCUT2D eigenvalue weighted by molar-refractivity contribution is 0.397. The zero-order valence-corrected chi connectivity index (χ0v) is 7.93. The van der Waals surface area contributed by atoms with Gasteiger partial charge in [-0.3, -0.25) is 9.47 Å². The minimum Gasteiger partial charge on any atom is -0.284 e. The van der Waals surface area contributed by atoms with Crippen molar-refractivity contribution in [2.75, 3.05) is 20.1 Å². The Morgan fingerprint density at radius 1 is 1.50 bits per heavy atom. The van der Waals surface area contributed by atoms with Gasteiger partial charge >= 0.3 is 0 Å². The lowest BCUT2D eigenvalue weighted by Crippen LogP contribution is -2.41. The molecule has 0 aromatic carbocycles. The van der Waals surface area contributed by atoms with Crippen LogP contribution in [-0.2, 0) is 0 Å². The monoisotopic (exact) mass is 186 g/mol. The van der Waals surface area contributed by atoms with Crippen LogP contribution in [0.3, 0.4) is 0 Å². The van der Waals surface area contributed by atoms with Crippen molar-refractivity contribution < 1.29 is 0 Å². The number of aromatic nitrogens is 2. The second-order valence-corrected chi connectivity index (χ2v) is 3.97. The van der Waals surface area contributed by atoms with Crippen molar-refractivity contribution in [2.24, 2.45) is 0 Å². The van der Waals surface area contributed by atoms with E-state index in [1.165, 1.54) is 25.9 Å². The summed E-state index contributed by atoms with van der Waals surface area (Å²) in [5, 5.41) is 0.497. The van der Waals surface area contributed by atoms with Crippen molar-refractivity contribution in [1.29, 1.82) is 0 Å². The fourth-order valence-corrected chi connectivity index (χ4v) is 1.98. The predicted octanol–water partition coefficient (Wildman–Crippen LogP) is 1.79. The molecule has 0 unspecified atom stereocenters. The first-order valence-corrected chi connectivity index (χ1v) is 4.64. The van der Waals surface area contributed by atoms with Crippen LogP contribution in [0.1, 0.15) is 12.8 Å². The smallest absolute Gasteiger partial charge is 0.226 e. The second-order valence-electron chi connectivity index (χ2n) is 3.61. The van der Waals surface area contributed by atoms with Gasteiger partial charge in [0.2, 0.25) is 11.1 Å². The maximum absolute atomic E-state index is 5.72. The lowest BCUT2D eigenvalue weighted by atomic mass is 10.4. The van der Waals surface area contributed by atoms with Crippen LogP contribution in [0.4, 0.5) is 5.82 Å². The van der Waals surface area contributed by atoms with Crippen molar-refractivity contribution >= 4 is 17.4 Å². The van der Waals surface area contributed by atoms with Gasteiger partial charge in [-0.05, 0) is 11.6 Å². The molecule has 0 spiro atoms. The second kappa shape index (κ2) is 2.75. The maximum Gasteiger partial charge on any atom is 0.226 e. The molecule has 1 fully saturated rings. The highest BCUT2D eigenvalue weighted by Gasteiger charge is 2.31. The van der Waals surface area contributed by atoms with E-state index >= 15 is 0 Å². The molecule has 1 aromatic heterocycles. The number of nitrogens with zero attached hydrogens (tertiary/aromatic N) is 2. The molecule has 0 radical (unpaired) electrons. The van der Waals surface area contributed by atoms with E-state index in [0.29, 0.717) is 5.28 Å². The van der Waals surface area contributed by atoms with Crippen LogP contribution < -0.4 is 4.48 Å². The van der Waals surface area contributed by atoms with Gasteiger partial charge in [-0.1, -0.05) is 0 Å². The normalized spacial score (nSPS) is 21.5. The van der Waals surface area contributed by atoms with E-state index in [0.717, 1.165) is 10.3 Å². The number of nitrogens with one attached hydrogen (secondary N) is 1. The molecule has 0 bridgehead atoms. The fraction of sp³-hybridized carbons (Fsp3) is 0.625. The van der Waals surface area contributed by atoms with E-state index in [2.05, 4.69) is 17.0 Å².